The molecule has 1 heterocycles. The normalized spacial score (nSPS) is 12.6. The Balaban J connectivity index is 1.56. The van der Waals surface area contributed by atoms with Crippen LogP contribution in [0.1, 0.15) is 12.0 Å². The number of hydrogen-bond donors (Lipinski definition) is 1. The third kappa shape index (κ3) is 3.94. The zero-order chi connectivity index (χ0) is 16.1. The molecule has 5 nitrogen and oxygen atoms in total. The van der Waals surface area contributed by atoms with E-state index < -0.39 is 0 Å². The molecule has 2 aromatic rings. The lowest BCUT2D eigenvalue weighted by Gasteiger charge is -2.19. The fourth-order valence-corrected chi connectivity index (χ4v) is 2.43. The summed E-state index contributed by atoms with van der Waals surface area (Å²) >= 11 is 0. The van der Waals surface area contributed by atoms with E-state index in [1.165, 1.54) is 0 Å². The van der Waals surface area contributed by atoms with E-state index in [1.54, 1.807) is 13.2 Å². The molecule has 1 N–H and O–H groups in total. The first-order chi connectivity index (χ1) is 11.2. The Morgan fingerprint density at radius 3 is 2.78 bits per heavy atom. The van der Waals surface area contributed by atoms with E-state index in [0.29, 0.717) is 43.2 Å². The highest BCUT2D eigenvalue weighted by atomic mass is 16.6. The van der Waals surface area contributed by atoms with Gasteiger partial charge in [0.15, 0.2) is 11.5 Å². The van der Waals surface area contributed by atoms with Gasteiger partial charge < -0.3 is 19.5 Å². The molecular formula is C18H19NO4. The molecule has 5 heteroatoms. The van der Waals surface area contributed by atoms with Gasteiger partial charge in [0.05, 0.1) is 7.11 Å². The maximum absolute atomic E-state index is 12.1. The molecule has 0 radical (unpaired) electrons. The van der Waals surface area contributed by atoms with Gasteiger partial charge in [-0.25, -0.2) is 0 Å². The minimum Gasteiger partial charge on any atom is -0.497 e. The maximum atomic E-state index is 12.1. The molecule has 0 aliphatic carbocycles. The van der Waals surface area contributed by atoms with Gasteiger partial charge in [-0.3, -0.25) is 4.79 Å². The van der Waals surface area contributed by atoms with E-state index in [2.05, 4.69) is 5.32 Å². The largest absolute Gasteiger partial charge is 0.497 e. The predicted octanol–water partition coefficient (Wildman–Crippen LogP) is 3.04. The van der Waals surface area contributed by atoms with Crippen molar-refractivity contribution in [2.45, 2.75) is 12.8 Å². The van der Waals surface area contributed by atoms with Gasteiger partial charge in [-0.2, -0.15) is 0 Å². The van der Waals surface area contributed by atoms with E-state index in [1.807, 2.05) is 36.4 Å². The molecule has 1 aliphatic rings. The number of carbonyl (C=O) groups excluding carboxylic acids is 1. The Morgan fingerprint density at radius 1 is 1.13 bits per heavy atom. The van der Waals surface area contributed by atoms with Crippen LogP contribution in [0.15, 0.2) is 42.5 Å². The van der Waals surface area contributed by atoms with Gasteiger partial charge in [0.25, 0.3) is 0 Å². The molecule has 0 fully saturated rings. The van der Waals surface area contributed by atoms with Gasteiger partial charge in [-0.15, -0.1) is 0 Å². The summed E-state index contributed by atoms with van der Waals surface area (Å²) in [6.45, 7) is 1.08. The van der Waals surface area contributed by atoms with Gasteiger partial charge in [0, 0.05) is 18.2 Å². The number of nitrogens with one attached hydrogen (secondary N) is 1. The van der Waals surface area contributed by atoms with Gasteiger partial charge in [-0.05, 0) is 36.2 Å². The molecule has 1 amide bonds. The van der Waals surface area contributed by atoms with Crippen LogP contribution in [0.4, 0.5) is 5.69 Å². The summed E-state index contributed by atoms with van der Waals surface area (Å²) in [6.07, 6.45) is 1.06. The molecule has 0 atom stereocenters. The number of aryl methyl sites for hydroxylation is 1. The van der Waals surface area contributed by atoms with Crippen molar-refractivity contribution in [3.63, 3.8) is 0 Å². The molecule has 0 bridgehead atoms. The zero-order valence-electron chi connectivity index (χ0n) is 13.0. The van der Waals surface area contributed by atoms with Crippen LogP contribution >= 0.6 is 0 Å². The van der Waals surface area contributed by atoms with Crippen molar-refractivity contribution >= 4 is 11.6 Å². The van der Waals surface area contributed by atoms with Gasteiger partial charge >= 0.3 is 0 Å². The van der Waals surface area contributed by atoms with Crippen LogP contribution in [0, 0.1) is 0 Å². The first kappa shape index (κ1) is 15.2. The van der Waals surface area contributed by atoms with E-state index in [-0.39, 0.29) is 5.91 Å². The fraction of sp³-hybridized carbons (Fsp3) is 0.278. The summed E-state index contributed by atoms with van der Waals surface area (Å²) in [6, 6.07) is 13.2. The summed E-state index contributed by atoms with van der Waals surface area (Å²) in [7, 11) is 1.63. The standard InChI is InChI=1S/C18H19NO4/c1-21-15-4-2-3-13(11-15)5-8-18(20)19-14-6-7-16-17(12-14)23-10-9-22-16/h2-4,6-7,11-12H,5,8-10H2,1H3,(H,19,20). The quantitative estimate of drug-likeness (QED) is 0.922. The van der Waals surface area contributed by atoms with E-state index >= 15 is 0 Å². The zero-order valence-corrected chi connectivity index (χ0v) is 13.0. The topological polar surface area (TPSA) is 56.8 Å². The highest BCUT2D eigenvalue weighted by Crippen LogP contribution is 2.32. The fourth-order valence-electron chi connectivity index (χ4n) is 2.43. The molecule has 0 aromatic heterocycles. The minimum atomic E-state index is -0.0375. The highest BCUT2D eigenvalue weighted by Gasteiger charge is 2.12. The number of ether oxygens (including phenoxy) is 3. The molecular weight excluding hydrogens is 294 g/mol. The third-order valence-corrected chi connectivity index (χ3v) is 3.60. The van der Waals surface area contributed by atoms with Crippen LogP contribution in [-0.4, -0.2) is 26.2 Å². The maximum Gasteiger partial charge on any atom is 0.224 e. The van der Waals surface area contributed by atoms with E-state index in [0.717, 1.165) is 11.3 Å². The minimum absolute atomic E-state index is 0.0375. The van der Waals surface area contributed by atoms with E-state index in [9.17, 15) is 4.79 Å². The summed E-state index contributed by atoms with van der Waals surface area (Å²) in [5.41, 5.74) is 1.78. The summed E-state index contributed by atoms with van der Waals surface area (Å²) in [5, 5.41) is 2.89. The third-order valence-electron chi connectivity index (χ3n) is 3.60. The van der Waals surface area contributed by atoms with Crippen LogP contribution in [0.25, 0.3) is 0 Å². The molecule has 0 spiro atoms. The second kappa shape index (κ2) is 7.05. The van der Waals surface area contributed by atoms with Crippen molar-refractivity contribution in [3.05, 3.63) is 48.0 Å². The number of rotatable bonds is 5. The molecule has 2 aromatic carbocycles. The highest BCUT2D eigenvalue weighted by molar-refractivity contribution is 5.91. The van der Waals surface area contributed by atoms with Crippen molar-refractivity contribution in [2.24, 2.45) is 0 Å². The number of methoxy groups -OCH3 is 1. The Bertz CT molecular complexity index is 699. The first-order valence-electron chi connectivity index (χ1n) is 7.57. The monoisotopic (exact) mass is 313 g/mol. The molecule has 0 unspecified atom stereocenters. The summed E-state index contributed by atoms with van der Waals surface area (Å²) in [5.74, 6) is 2.15. The Kier molecular flexibility index (Phi) is 4.66. The molecule has 120 valence electrons. The van der Waals surface area contributed by atoms with Gasteiger partial charge in [-0.1, -0.05) is 12.1 Å². The van der Waals surface area contributed by atoms with Crippen LogP contribution < -0.4 is 19.5 Å². The SMILES string of the molecule is COc1cccc(CCC(=O)Nc2ccc3c(c2)OCCO3)c1. The van der Waals surface area contributed by atoms with Crippen molar-refractivity contribution in [2.75, 3.05) is 25.6 Å². The lowest BCUT2D eigenvalue weighted by atomic mass is 10.1. The van der Waals surface area contributed by atoms with Crippen LogP contribution in [0.5, 0.6) is 17.2 Å². The van der Waals surface area contributed by atoms with Crippen molar-refractivity contribution in [1.29, 1.82) is 0 Å². The second-order valence-electron chi connectivity index (χ2n) is 5.26. The van der Waals surface area contributed by atoms with Crippen molar-refractivity contribution < 1.29 is 19.0 Å². The van der Waals surface area contributed by atoms with Gasteiger partial charge in [0.2, 0.25) is 5.91 Å². The Morgan fingerprint density at radius 2 is 1.96 bits per heavy atom. The Hall–Kier alpha value is -2.69. The van der Waals surface area contributed by atoms with Crippen LogP contribution in [-0.2, 0) is 11.2 Å². The van der Waals surface area contributed by atoms with Crippen LogP contribution in [0.2, 0.25) is 0 Å². The average molecular weight is 313 g/mol. The summed E-state index contributed by atoms with van der Waals surface area (Å²) < 4.78 is 16.2. The predicted molar refractivity (Wildman–Crippen MR) is 87.4 cm³/mol. The lowest BCUT2D eigenvalue weighted by Crippen LogP contribution is -2.16. The smallest absolute Gasteiger partial charge is 0.224 e. The average Bonchev–Trinajstić information content (AvgIpc) is 2.60. The molecule has 0 saturated carbocycles. The van der Waals surface area contributed by atoms with Crippen LogP contribution in [0.3, 0.4) is 0 Å². The summed E-state index contributed by atoms with van der Waals surface area (Å²) in [4.78, 5) is 12.1. The number of benzene rings is 2. The molecule has 0 saturated heterocycles. The first-order valence-corrected chi connectivity index (χ1v) is 7.57. The second-order valence-corrected chi connectivity index (χ2v) is 5.26. The lowest BCUT2D eigenvalue weighted by molar-refractivity contribution is -0.116. The van der Waals surface area contributed by atoms with E-state index in [4.69, 9.17) is 14.2 Å². The molecule has 1 aliphatic heterocycles. The van der Waals surface area contributed by atoms with Crippen molar-refractivity contribution in [3.8, 4) is 17.2 Å². The number of anilines is 1. The van der Waals surface area contributed by atoms with Crippen molar-refractivity contribution in [1.82, 2.24) is 0 Å². The number of fused-ring (bicyclic) bond motifs is 1. The number of carbonyl (C=O) groups is 1. The molecule has 23 heavy (non-hydrogen) atoms. The van der Waals surface area contributed by atoms with Gasteiger partial charge in [0.1, 0.15) is 19.0 Å². The Labute approximate surface area is 135 Å². The number of amides is 1. The number of hydrogen-bond acceptors (Lipinski definition) is 4. The molecule has 3 rings (SSSR count).